The fourth-order valence-electron chi connectivity index (χ4n) is 1.72. The van der Waals surface area contributed by atoms with Crippen LogP contribution in [0.15, 0.2) is 36.4 Å². The summed E-state index contributed by atoms with van der Waals surface area (Å²) in [7, 11) is 1.42. The van der Waals surface area contributed by atoms with Gasteiger partial charge in [-0.25, -0.2) is 4.39 Å². The molecule has 2 rings (SSSR count). The van der Waals surface area contributed by atoms with Crippen molar-refractivity contribution in [1.29, 1.82) is 0 Å². The van der Waals surface area contributed by atoms with Crippen molar-refractivity contribution >= 4 is 46.4 Å². The number of amides is 2. The van der Waals surface area contributed by atoms with Crippen LogP contribution in [0.2, 0.25) is 10.0 Å². The molecule has 0 fully saturated rings. The zero-order valence-corrected chi connectivity index (χ0v) is 13.3. The first-order valence-corrected chi connectivity index (χ1v) is 7.07. The number of carbonyl (C=O) groups is 2. The van der Waals surface area contributed by atoms with Crippen molar-refractivity contribution in [3.63, 3.8) is 0 Å². The fourth-order valence-corrected chi connectivity index (χ4v) is 2.07. The number of benzene rings is 2. The molecular formula is C15H11Cl2FN2O3. The van der Waals surface area contributed by atoms with E-state index in [2.05, 4.69) is 10.6 Å². The molecule has 0 aliphatic rings. The Hall–Kier alpha value is -2.31. The summed E-state index contributed by atoms with van der Waals surface area (Å²) in [6.45, 7) is 0. The molecule has 0 aliphatic heterocycles. The first-order chi connectivity index (χ1) is 10.9. The minimum Gasteiger partial charge on any atom is -0.495 e. The average molecular weight is 357 g/mol. The predicted octanol–water partition coefficient (Wildman–Crippen LogP) is 3.72. The third kappa shape index (κ3) is 4.34. The first-order valence-electron chi connectivity index (χ1n) is 6.31. The Labute approximate surface area is 141 Å². The molecule has 0 atom stereocenters. The van der Waals surface area contributed by atoms with Crippen molar-refractivity contribution in [2.24, 2.45) is 0 Å². The average Bonchev–Trinajstić information content (AvgIpc) is 2.51. The summed E-state index contributed by atoms with van der Waals surface area (Å²) in [5.41, 5.74) is 0.437. The molecule has 0 unspecified atom stereocenters. The lowest BCUT2D eigenvalue weighted by atomic mass is 10.2. The largest absolute Gasteiger partial charge is 0.495 e. The van der Waals surface area contributed by atoms with Gasteiger partial charge >= 0.3 is 11.8 Å². The molecular weight excluding hydrogens is 346 g/mol. The van der Waals surface area contributed by atoms with Crippen LogP contribution in [0.5, 0.6) is 5.75 Å². The molecule has 0 aliphatic carbocycles. The number of ether oxygens (including phenoxy) is 1. The van der Waals surface area contributed by atoms with E-state index >= 15 is 0 Å². The van der Waals surface area contributed by atoms with Crippen LogP contribution in [0.1, 0.15) is 0 Å². The van der Waals surface area contributed by atoms with Crippen molar-refractivity contribution in [3.8, 4) is 5.75 Å². The van der Waals surface area contributed by atoms with Gasteiger partial charge in [0.1, 0.15) is 11.6 Å². The number of anilines is 2. The smallest absolute Gasteiger partial charge is 0.314 e. The Kier molecular flexibility index (Phi) is 5.41. The quantitative estimate of drug-likeness (QED) is 0.823. The lowest BCUT2D eigenvalue weighted by molar-refractivity contribution is -0.133. The molecule has 0 heterocycles. The highest BCUT2D eigenvalue weighted by Gasteiger charge is 2.17. The van der Waals surface area contributed by atoms with Crippen LogP contribution in [0.25, 0.3) is 0 Å². The van der Waals surface area contributed by atoms with Crippen LogP contribution in [-0.2, 0) is 9.59 Å². The van der Waals surface area contributed by atoms with Crippen LogP contribution in [0.4, 0.5) is 15.8 Å². The van der Waals surface area contributed by atoms with Crippen molar-refractivity contribution in [1.82, 2.24) is 0 Å². The highest BCUT2D eigenvalue weighted by atomic mass is 35.5. The molecule has 23 heavy (non-hydrogen) atoms. The maximum absolute atomic E-state index is 13.1. The lowest BCUT2D eigenvalue weighted by Crippen LogP contribution is -2.29. The fraction of sp³-hybridized carbons (Fsp3) is 0.0667. The summed E-state index contributed by atoms with van der Waals surface area (Å²) < 4.78 is 18.1. The zero-order valence-electron chi connectivity index (χ0n) is 11.8. The second-order valence-corrected chi connectivity index (χ2v) is 5.23. The van der Waals surface area contributed by atoms with E-state index in [1.54, 1.807) is 12.1 Å². The maximum Gasteiger partial charge on any atom is 0.314 e. The van der Waals surface area contributed by atoms with Gasteiger partial charge in [0.15, 0.2) is 0 Å². The van der Waals surface area contributed by atoms with Crippen molar-refractivity contribution < 1.29 is 18.7 Å². The summed E-state index contributed by atoms with van der Waals surface area (Å²) in [6, 6.07) is 8.14. The Bertz CT molecular complexity index is 768. The summed E-state index contributed by atoms with van der Waals surface area (Å²) >= 11 is 11.4. The summed E-state index contributed by atoms with van der Waals surface area (Å²) in [5.74, 6) is -2.17. The van der Waals surface area contributed by atoms with Crippen LogP contribution < -0.4 is 15.4 Å². The number of nitrogens with one attached hydrogen (secondary N) is 2. The number of hydrogen-bond donors (Lipinski definition) is 2. The minimum absolute atomic E-state index is 0.167. The van der Waals surface area contributed by atoms with Crippen LogP contribution in [-0.4, -0.2) is 18.9 Å². The molecule has 0 saturated heterocycles. The second-order valence-electron chi connectivity index (χ2n) is 4.38. The molecule has 2 amide bonds. The summed E-state index contributed by atoms with van der Waals surface area (Å²) in [5, 5.41) is 4.89. The molecule has 2 aromatic carbocycles. The van der Waals surface area contributed by atoms with Gasteiger partial charge < -0.3 is 15.4 Å². The number of rotatable bonds is 3. The highest BCUT2D eigenvalue weighted by molar-refractivity contribution is 6.44. The zero-order chi connectivity index (χ0) is 17.0. The van der Waals surface area contributed by atoms with E-state index in [-0.39, 0.29) is 16.4 Å². The maximum atomic E-state index is 13.1. The van der Waals surface area contributed by atoms with Gasteiger partial charge in [-0.2, -0.15) is 0 Å². The number of carbonyl (C=O) groups excluding carboxylic acids is 2. The van der Waals surface area contributed by atoms with Crippen molar-refractivity contribution in [3.05, 3.63) is 52.3 Å². The van der Waals surface area contributed by atoms with Crippen molar-refractivity contribution in [2.45, 2.75) is 0 Å². The van der Waals surface area contributed by atoms with Gasteiger partial charge in [-0.1, -0.05) is 23.2 Å². The topological polar surface area (TPSA) is 67.4 Å². The van der Waals surface area contributed by atoms with E-state index in [9.17, 15) is 14.0 Å². The van der Waals surface area contributed by atoms with E-state index in [1.165, 1.54) is 25.3 Å². The normalized spacial score (nSPS) is 10.1. The molecule has 0 spiro atoms. The number of hydrogen-bond acceptors (Lipinski definition) is 3. The number of methoxy groups -OCH3 is 1. The Balaban J connectivity index is 2.10. The van der Waals surface area contributed by atoms with Gasteiger partial charge in [0, 0.05) is 10.7 Å². The second kappa shape index (κ2) is 7.30. The van der Waals surface area contributed by atoms with E-state index in [0.717, 1.165) is 6.07 Å². The Morgan fingerprint density at radius 1 is 1.04 bits per heavy atom. The molecule has 0 aromatic heterocycles. The Morgan fingerprint density at radius 2 is 1.74 bits per heavy atom. The highest BCUT2D eigenvalue weighted by Crippen LogP contribution is 2.27. The molecule has 120 valence electrons. The van der Waals surface area contributed by atoms with Gasteiger partial charge in [-0.15, -0.1) is 0 Å². The molecule has 0 saturated carbocycles. The SMILES string of the molecule is COc1ccc(Cl)cc1NC(=O)C(=O)Nc1ccc(F)c(Cl)c1. The molecule has 0 bridgehead atoms. The lowest BCUT2D eigenvalue weighted by Gasteiger charge is -2.10. The first kappa shape index (κ1) is 17.1. The van der Waals surface area contributed by atoms with Gasteiger partial charge in [-0.05, 0) is 36.4 Å². The third-order valence-corrected chi connectivity index (χ3v) is 3.32. The minimum atomic E-state index is -0.949. The van der Waals surface area contributed by atoms with E-state index in [1.807, 2.05) is 0 Å². The molecule has 2 N–H and O–H groups in total. The molecule has 0 radical (unpaired) electrons. The van der Waals surface area contributed by atoms with E-state index in [4.69, 9.17) is 27.9 Å². The Morgan fingerprint density at radius 3 is 2.39 bits per heavy atom. The van der Waals surface area contributed by atoms with Crippen LogP contribution in [0.3, 0.4) is 0 Å². The van der Waals surface area contributed by atoms with E-state index in [0.29, 0.717) is 10.8 Å². The third-order valence-electron chi connectivity index (χ3n) is 2.79. The summed E-state index contributed by atoms with van der Waals surface area (Å²) in [4.78, 5) is 23.8. The van der Waals surface area contributed by atoms with Gasteiger partial charge in [0.2, 0.25) is 0 Å². The predicted molar refractivity (Wildman–Crippen MR) is 86.7 cm³/mol. The monoisotopic (exact) mass is 356 g/mol. The standard InChI is InChI=1S/C15H11Cl2FN2O3/c1-23-13-5-2-8(16)6-12(13)20-15(22)14(21)19-9-3-4-11(18)10(17)7-9/h2-7H,1H3,(H,19,21)(H,20,22). The van der Waals surface area contributed by atoms with E-state index < -0.39 is 17.6 Å². The number of halogens is 3. The van der Waals surface area contributed by atoms with Gasteiger partial charge in [0.05, 0.1) is 17.8 Å². The van der Waals surface area contributed by atoms with Crippen molar-refractivity contribution in [2.75, 3.05) is 17.7 Å². The van der Waals surface area contributed by atoms with Crippen LogP contribution in [0, 0.1) is 5.82 Å². The van der Waals surface area contributed by atoms with Gasteiger partial charge in [0.25, 0.3) is 0 Å². The molecule has 2 aromatic rings. The van der Waals surface area contributed by atoms with Crippen LogP contribution >= 0.6 is 23.2 Å². The molecule has 8 heteroatoms. The molecule has 5 nitrogen and oxygen atoms in total. The summed E-state index contributed by atoms with van der Waals surface area (Å²) in [6.07, 6.45) is 0. The van der Waals surface area contributed by atoms with Gasteiger partial charge in [-0.3, -0.25) is 9.59 Å².